The van der Waals surface area contributed by atoms with Gasteiger partial charge in [-0.15, -0.1) is 0 Å². The smallest absolute Gasteiger partial charge is 0.0847 e. The predicted octanol–water partition coefficient (Wildman–Crippen LogP) is 2.58. The van der Waals surface area contributed by atoms with E-state index < -0.39 is 0 Å². The van der Waals surface area contributed by atoms with Crippen LogP contribution in [0.5, 0.6) is 0 Å². The molecule has 0 aliphatic heterocycles. The molecule has 5 heteroatoms. The van der Waals surface area contributed by atoms with Crippen LogP contribution in [0, 0.1) is 24.2 Å². The van der Waals surface area contributed by atoms with Gasteiger partial charge in [-0.3, -0.25) is 4.68 Å². The maximum absolute atomic E-state index is 6.46. The molecule has 2 aliphatic rings. The summed E-state index contributed by atoms with van der Waals surface area (Å²) in [6, 6.07) is 0. The van der Waals surface area contributed by atoms with E-state index in [-0.39, 0.29) is 0 Å². The van der Waals surface area contributed by atoms with Gasteiger partial charge in [-0.05, 0) is 49.9 Å². The Morgan fingerprint density at radius 3 is 2.71 bits per heavy atom. The largest absolute Gasteiger partial charge is 0.383 e. The molecular weight excluding hydrogens is 286 g/mol. The van der Waals surface area contributed by atoms with E-state index in [0.29, 0.717) is 5.41 Å². The zero-order valence-corrected chi connectivity index (χ0v) is 14.0. The molecule has 0 amide bonds. The number of aryl methyl sites for hydroxylation is 2. The highest BCUT2D eigenvalue weighted by atomic mass is 35.5. The number of hydrogen-bond acceptors (Lipinski definition) is 3. The van der Waals surface area contributed by atoms with Gasteiger partial charge in [-0.1, -0.05) is 11.6 Å². The second-order valence-corrected chi connectivity index (χ2v) is 7.36. The van der Waals surface area contributed by atoms with Crippen LogP contribution in [0.2, 0.25) is 5.02 Å². The normalized spacial score (nSPS) is 30.7. The van der Waals surface area contributed by atoms with Crippen molar-refractivity contribution < 1.29 is 4.74 Å². The summed E-state index contributed by atoms with van der Waals surface area (Å²) >= 11 is 6.46. The fraction of sp³-hybridized carbons (Fsp3) is 0.812. The van der Waals surface area contributed by atoms with Crippen molar-refractivity contribution >= 4 is 11.6 Å². The van der Waals surface area contributed by atoms with E-state index in [1.807, 2.05) is 18.7 Å². The van der Waals surface area contributed by atoms with Crippen LogP contribution in [0.1, 0.15) is 30.7 Å². The summed E-state index contributed by atoms with van der Waals surface area (Å²) in [4.78, 5) is 0. The molecular formula is C16H26ClN3O. The summed E-state index contributed by atoms with van der Waals surface area (Å²) in [7, 11) is 3.76. The molecule has 2 aliphatic carbocycles. The van der Waals surface area contributed by atoms with Crippen molar-refractivity contribution in [3.63, 3.8) is 0 Å². The Bertz CT molecular complexity index is 504. The van der Waals surface area contributed by atoms with E-state index in [0.717, 1.165) is 48.7 Å². The predicted molar refractivity (Wildman–Crippen MR) is 84.7 cm³/mol. The van der Waals surface area contributed by atoms with Crippen molar-refractivity contribution in [3.05, 3.63) is 16.4 Å². The highest BCUT2D eigenvalue weighted by molar-refractivity contribution is 6.31. The molecule has 0 radical (unpaired) electrons. The van der Waals surface area contributed by atoms with E-state index >= 15 is 0 Å². The molecule has 2 unspecified atom stereocenters. The van der Waals surface area contributed by atoms with Crippen molar-refractivity contribution in [3.8, 4) is 0 Å². The summed E-state index contributed by atoms with van der Waals surface area (Å²) in [6.07, 6.45) is 5.14. The Morgan fingerprint density at radius 2 is 2.14 bits per heavy atom. The molecule has 21 heavy (non-hydrogen) atoms. The fourth-order valence-electron chi connectivity index (χ4n) is 4.11. The van der Waals surface area contributed by atoms with Gasteiger partial charge >= 0.3 is 0 Å². The lowest BCUT2D eigenvalue weighted by Gasteiger charge is -2.31. The van der Waals surface area contributed by atoms with Crippen LogP contribution in [0.3, 0.4) is 0 Å². The summed E-state index contributed by atoms with van der Waals surface area (Å²) in [5, 5.41) is 8.90. The van der Waals surface area contributed by atoms with Crippen LogP contribution in [-0.4, -0.2) is 36.6 Å². The third-order valence-electron chi connectivity index (χ3n) is 5.25. The lowest BCUT2D eigenvalue weighted by atomic mass is 9.78. The summed E-state index contributed by atoms with van der Waals surface area (Å²) in [5.74, 6) is 1.92. The molecule has 0 saturated heterocycles. The zero-order chi connectivity index (χ0) is 15.0. The van der Waals surface area contributed by atoms with Gasteiger partial charge in [0.25, 0.3) is 0 Å². The number of nitrogens with zero attached hydrogens (tertiary/aromatic N) is 2. The molecule has 1 aromatic rings. The molecule has 2 atom stereocenters. The number of hydrogen-bond donors (Lipinski definition) is 1. The Hall–Kier alpha value is -0.580. The first-order valence-electron chi connectivity index (χ1n) is 7.92. The molecule has 1 heterocycles. The van der Waals surface area contributed by atoms with Crippen LogP contribution >= 0.6 is 11.6 Å². The van der Waals surface area contributed by atoms with E-state index in [1.54, 1.807) is 7.11 Å². The van der Waals surface area contributed by atoms with Gasteiger partial charge in [-0.25, -0.2) is 0 Å². The molecule has 4 nitrogen and oxygen atoms in total. The molecule has 0 bridgehead atoms. The van der Waals surface area contributed by atoms with Gasteiger partial charge in [0.1, 0.15) is 0 Å². The third kappa shape index (κ3) is 3.13. The molecule has 2 fully saturated rings. The molecule has 0 spiro atoms. The van der Waals surface area contributed by atoms with Crippen molar-refractivity contribution in [2.24, 2.45) is 24.3 Å². The van der Waals surface area contributed by atoms with Crippen LogP contribution in [0.25, 0.3) is 0 Å². The highest BCUT2D eigenvalue weighted by Crippen LogP contribution is 2.60. The van der Waals surface area contributed by atoms with E-state index in [4.69, 9.17) is 16.3 Å². The van der Waals surface area contributed by atoms with Crippen molar-refractivity contribution in [2.75, 3.05) is 26.8 Å². The summed E-state index contributed by atoms with van der Waals surface area (Å²) in [6.45, 7) is 4.74. The van der Waals surface area contributed by atoms with E-state index in [9.17, 15) is 0 Å². The first-order chi connectivity index (χ1) is 10.0. The van der Waals surface area contributed by atoms with E-state index in [1.165, 1.54) is 25.0 Å². The van der Waals surface area contributed by atoms with Gasteiger partial charge < -0.3 is 10.1 Å². The Labute approximate surface area is 132 Å². The Balaban J connectivity index is 1.70. The second kappa shape index (κ2) is 5.90. The Kier molecular flexibility index (Phi) is 4.30. The van der Waals surface area contributed by atoms with Crippen molar-refractivity contribution in [1.82, 2.24) is 15.1 Å². The minimum Gasteiger partial charge on any atom is -0.383 e. The maximum Gasteiger partial charge on any atom is 0.0847 e. The number of nitrogens with one attached hydrogen (secondary N) is 1. The minimum absolute atomic E-state index is 0.352. The minimum atomic E-state index is 0.352. The van der Waals surface area contributed by atoms with Crippen molar-refractivity contribution in [1.29, 1.82) is 0 Å². The topological polar surface area (TPSA) is 39.1 Å². The molecule has 1 N–H and O–H groups in total. The van der Waals surface area contributed by atoms with Gasteiger partial charge in [0.15, 0.2) is 0 Å². The Morgan fingerprint density at radius 1 is 1.43 bits per heavy atom. The van der Waals surface area contributed by atoms with Gasteiger partial charge in [0, 0.05) is 27.2 Å². The molecule has 2 saturated carbocycles. The lowest BCUT2D eigenvalue weighted by Crippen LogP contribution is -2.37. The van der Waals surface area contributed by atoms with Gasteiger partial charge in [0.05, 0.1) is 23.0 Å². The van der Waals surface area contributed by atoms with Crippen LogP contribution in [0.15, 0.2) is 0 Å². The number of rotatable bonds is 7. The first kappa shape index (κ1) is 15.3. The third-order valence-corrected chi connectivity index (χ3v) is 5.74. The number of halogens is 1. The van der Waals surface area contributed by atoms with E-state index in [2.05, 4.69) is 10.4 Å². The second-order valence-electron chi connectivity index (χ2n) is 6.98. The average molecular weight is 312 g/mol. The fourth-order valence-corrected chi connectivity index (χ4v) is 4.34. The zero-order valence-electron chi connectivity index (χ0n) is 13.3. The molecule has 3 rings (SSSR count). The van der Waals surface area contributed by atoms with Crippen LogP contribution in [-0.2, 0) is 18.2 Å². The summed E-state index contributed by atoms with van der Waals surface area (Å²) in [5.41, 5.74) is 2.49. The number of ether oxygens (including phenoxy) is 1. The maximum atomic E-state index is 6.46. The SMILES string of the molecule is COCCNCC1(Cc2c(Cl)c(C)nn2C)CC2CC2C1. The molecule has 0 aromatic carbocycles. The molecule has 118 valence electrons. The number of methoxy groups -OCH3 is 1. The summed E-state index contributed by atoms with van der Waals surface area (Å²) < 4.78 is 7.10. The average Bonchev–Trinajstić information content (AvgIpc) is 3.00. The quantitative estimate of drug-likeness (QED) is 0.787. The molecule has 1 aromatic heterocycles. The van der Waals surface area contributed by atoms with Crippen LogP contribution in [0.4, 0.5) is 0 Å². The highest BCUT2D eigenvalue weighted by Gasteiger charge is 2.53. The van der Waals surface area contributed by atoms with Gasteiger partial charge in [0.2, 0.25) is 0 Å². The van der Waals surface area contributed by atoms with Crippen LogP contribution < -0.4 is 5.32 Å². The monoisotopic (exact) mass is 311 g/mol. The standard InChI is InChI=1S/C16H26ClN3O/c1-11-15(17)14(20(2)19-11)9-16(10-18-4-5-21-3)7-12-6-13(12)8-16/h12-13,18H,4-10H2,1-3H3. The van der Waals surface area contributed by atoms with Gasteiger partial charge in [-0.2, -0.15) is 5.10 Å². The van der Waals surface area contributed by atoms with Crippen molar-refractivity contribution in [2.45, 2.75) is 32.6 Å². The lowest BCUT2D eigenvalue weighted by molar-refractivity contribution is 0.185. The first-order valence-corrected chi connectivity index (χ1v) is 8.30. The number of fused-ring (bicyclic) bond motifs is 1. The number of aromatic nitrogens is 2.